The van der Waals surface area contributed by atoms with Crippen LogP contribution >= 0.6 is 0 Å². The van der Waals surface area contributed by atoms with Gasteiger partial charge in [-0.25, -0.2) is 4.39 Å². The molecule has 0 spiro atoms. The average molecular weight is 449 g/mol. The Morgan fingerprint density at radius 3 is 1.64 bits per heavy atom. The highest BCUT2D eigenvalue weighted by atomic mass is 19.1. The summed E-state index contributed by atoms with van der Waals surface area (Å²) in [6.45, 7) is 2.86. The summed E-state index contributed by atoms with van der Waals surface area (Å²) in [5.74, 6) is -2.14. The van der Waals surface area contributed by atoms with Crippen molar-refractivity contribution in [2.24, 2.45) is 0 Å². The van der Waals surface area contributed by atoms with Gasteiger partial charge in [0.05, 0.1) is 12.7 Å². The van der Waals surface area contributed by atoms with Gasteiger partial charge in [0.25, 0.3) is 0 Å². The molecule has 1 aliphatic carbocycles. The van der Waals surface area contributed by atoms with E-state index in [9.17, 15) is 14.6 Å². The van der Waals surface area contributed by atoms with Crippen molar-refractivity contribution in [3.63, 3.8) is 0 Å². The first kappa shape index (κ1) is 23.3. The molecule has 3 aromatic carbocycles. The van der Waals surface area contributed by atoms with Crippen molar-refractivity contribution < 1.29 is 24.1 Å². The smallest absolute Gasteiger partial charge is 0.160 e. The normalized spacial score (nSPS) is 19.2. The fourth-order valence-electron chi connectivity index (χ4n) is 4.39. The number of rotatable bonds is 8. The van der Waals surface area contributed by atoms with E-state index in [0.29, 0.717) is 5.57 Å². The molecule has 33 heavy (non-hydrogen) atoms. The van der Waals surface area contributed by atoms with E-state index in [0.717, 1.165) is 16.7 Å². The third-order valence-electron chi connectivity index (χ3n) is 5.84. The van der Waals surface area contributed by atoms with E-state index in [4.69, 9.17) is 9.47 Å². The van der Waals surface area contributed by atoms with Crippen LogP contribution in [0.1, 0.15) is 37.0 Å². The second-order valence-corrected chi connectivity index (χ2v) is 8.77. The molecular formula is C28H29FO4. The monoisotopic (exact) mass is 448 g/mol. The molecule has 0 saturated heterocycles. The van der Waals surface area contributed by atoms with Crippen molar-refractivity contribution >= 4 is 0 Å². The van der Waals surface area contributed by atoms with Gasteiger partial charge in [-0.2, -0.15) is 0 Å². The average Bonchev–Trinajstić information content (AvgIpc) is 3.08. The summed E-state index contributed by atoms with van der Waals surface area (Å²) in [5, 5.41) is 20.3. The highest BCUT2D eigenvalue weighted by Crippen LogP contribution is 2.42. The highest BCUT2D eigenvalue weighted by molar-refractivity contribution is 5.47. The van der Waals surface area contributed by atoms with E-state index in [1.807, 2.05) is 91.0 Å². The SMILES string of the molecule is CC(C)(O)O[C@@H]1CC(COC(c2ccccc2)(c2ccccc2)c2ccccc2)=C(F)[C@@H]1O. The Morgan fingerprint density at radius 1 is 0.818 bits per heavy atom. The minimum atomic E-state index is -1.48. The van der Waals surface area contributed by atoms with E-state index in [2.05, 4.69) is 0 Å². The summed E-state index contributed by atoms with van der Waals surface area (Å²) in [6, 6.07) is 29.5. The van der Waals surface area contributed by atoms with Gasteiger partial charge in [0.15, 0.2) is 5.79 Å². The molecule has 1 aliphatic rings. The molecule has 0 unspecified atom stereocenters. The lowest BCUT2D eigenvalue weighted by Crippen LogP contribution is -2.35. The fraction of sp³-hybridized carbons (Fsp3) is 0.286. The van der Waals surface area contributed by atoms with Crippen LogP contribution in [0.3, 0.4) is 0 Å². The van der Waals surface area contributed by atoms with Crippen LogP contribution in [0.15, 0.2) is 102 Å². The Hall–Kier alpha value is -2.83. The van der Waals surface area contributed by atoms with Gasteiger partial charge in [-0.15, -0.1) is 0 Å². The molecule has 2 N–H and O–H groups in total. The second-order valence-electron chi connectivity index (χ2n) is 8.77. The number of benzene rings is 3. The molecule has 0 heterocycles. The van der Waals surface area contributed by atoms with Gasteiger partial charge in [-0.1, -0.05) is 91.0 Å². The molecule has 0 aliphatic heterocycles. The number of hydrogen-bond acceptors (Lipinski definition) is 4. The van der Waals surface area contributed by atoms with Crippen LogP contribution in [0.4, 0.5) is 4.39 Å². The number of aliphatic hydroxyl groups is 2. The largest absolute Gasteiger partial charge is 0.383 e. The molecule has 0 aromatic heterocycles. The third-order valence-corrected chi connectivity index (χ3v) is 5.84. The van der Waals surface area contributed by atoms with Gasteiger partial charge in [0, 0.05) is 6.42 Å². The summed E-state index contributed by atoms with van der Waals surface area (Å²) >= 11 is 0. The Kier molecular flexibility index (Phi) is 6.77. The standard InChI is InChI=1S/C28H29FO4/c1-27(2,31)33-24-18-20(25(29)26(24)30)19-32-28(21-12-6-3-7-13-21,22-14-8-4-9-15-22)23-16-10-5-11-17-23/h3-17,24,26,30-31H,18-19H2,1-2H3/t24-,26-/m1/s1. The van der Waals surface area contributed by atoms with Crippen molar-refractivity contribution in [3.8, 4) is 0 Å². The zero-order valence-corrected chi connectivity index (χ0v) is 18.8. The predicted molar refractivity (Wildman–Crippen MR) is 125 cm³/mol. The van der Waals surface area contributed by atoms with Crippen LogP contribution in [0.5, 0.6) is 0 Å². The molecule has 0 amide bonds. The van der Waals surface area contributed by atoms with E-state index in [1.54, 1.807) is 0 Å². The van der Waals surface area contributed by atoms with Crippen molar-refractivity contribution in [3.05, 3.63) is 119 Å². The molecule has 5 heteroatoms. The van der Waals surface area contributed by atoms with Gasteiger partial charge in [0.1, 0.15) is 17.5 Å². The van der Waals surface area contributed by atoms with E-state index in [1.165, 1.54) is 13.8 Å². The van der Waals surface area contributed by atoms with Crippen LogP contribution in [0.25, 0.3) is 0 Å². The van der Waals surface area contributed by atoms with Crippen molar-refractivity contribution in [2.75, 3.05) is 6.61 Å². The van der Waals surface area contributed by atoms with Crippen LogP contribution in [0, 0.1) is 0 Å². The first-order valence-corrected chi connectivity index (χ1v) is 11.1. The van der Waals surface area contributed by atoms with Gasteiger partial charge < -0.3 is 19.7 Å². The quantitative estimate of drug-likeness (QED) is 0.372. The van der Waals surface area contributed by atoms with Crippen molar-refractivity contribution in [2.45, 2.75) is 43.9 Å². The van der Waals surface area contributed by atoms with E-state index >= 15 is 0 Å². The molecule has 2 atom stereocenters. The van der Waals surface area contributed by atoms with E-state index < -0.39 is 29.4 Å². The molecule has 4 rings (SSSR count). The molecule has 172 valence electrons. The zero-order chi connectivity index (χ0) is 23.5. The Labute approximate surface area is 193 Å². The minimum Gasteiger partial charge on any atom is -0.383 e. The summed E-state index contributed by atoms with van der Waals surface area (Å²) in [6.07, 6.45) is -2.18. The molecular weight excluding hydrogens is 419 g/mol. The van der Waals surface area contributed by atoms with Crippen LogP contribution in [-0.4, -0.2) is 34.8 Å². The van der Waals surface area contributed by atoms with Crippen molar-refractivity contribution in [1.29, 1.82) is 0 Å². The molecule has 0 bridgehead atoms. The first-order chi connectivity index (χ1) is 15.8. The summed E-state index contributed by atoms with van der Waals surface area (Å²) in [4.78, 5) is 0. The van der Waals surface area contributed by atoms with Crippen LogP contribution in [0.2, 0.25) is 0 Å². The molecule has 4 nitrogen and oxygen atoms in total. The number of aliphatic hydroxyl groups excluding tert-OH is 1. The predicted octanol–water partition coefficient (Wildman–Crippen LogP) is 5.10. The Morgan fingerprint density at radius 2 is 1.24 bits per heavy atom. The van der Waals surface area contributed by atoms with Crippen molar-refractivity contribution in [1.82, 2.24) is 0 Å². The van der Waals surface area contributed by atoms with Crippen LogP contribution < -0.4 is 0 Å². The maximum Gasteiger partial charge on any atom is 0.160 e. The fourth-order valence-corrected chi connectivity index (χ4v) is 4.39. The zero-order valence-electron chi connectivity index (χ0n) is 18.8. The van der Waals surface area contributed by atoms with Crippen LogP contribution in [-0.2, 0) is 15.1 Å². The third kappa shape index (κ3) is 4.92. The topological polar surface area (TPSA) is 58.9 Å². The van der Waals surface area contributed by atoms with Gasteiger partial charge in [-0.3, -0.25) is 0 Å². The number of halogens is 1. The Balaban J connectivity index is 1.74. The summed E-state index contributed by atoms with van der Waals surface area (Å²) < 4.78 is 27.1. The summed E-state index contributed by atoms with van der Waals surface area (Å²) in [5.41, 5.74) is 2.06. The van der Waals surface area contributed by atoms with Gasteiger partial charge in [0.2, 0.25) is 0 Å². The molecule has 3 aromatic rings. The molecule has 0 saturated carbocycles. The van der Waals surface area contributed by atoms with Gasteiger partial charge >= 0.3 is 0 Å². The first-order valence-electron chi connectivity index (χ1n) is 11.1. The second kappa shape index (κ2) is 9.57. The Bertz CT molecular complexity index is 978. The lowest BCUT2D eigenvalue weighted by molar-refractivity contribution is -0.218. The maximum absolute atomic E-state index is 15.0. The minimum absolute atomic E-state index is 0.0483. The maximum atomic E-state index is 15.0. The van der Waals surface area contributed by atoms with Gasteiger partial charge in [-0.05, 0) is 36.1 Å². The lowest BCUT2D eigenvalue weighted by Gasteiger charge is -2.36. The highest BCUT2D eigenvalue weighted by Gasteiger charge is 2.41. The van der Waals surface area contributed by atoms with E-state index in [-0.39, 0.29) is 13.0 Å². The number of ether oxygens (including phenoxy) is 2. The number of hydrogen-bond donors (Lipinski definition) is 2. The molecule has 0 radical (unpaired) electrons. The summed E-state index contributed by atoms with van der Waals surface area (Å²) in [7, 11) is 0. The molecule has 0 fully saturated rings. The lowest BCUT2D eigenvalue weighted by atomic mass is 9.80.